The van der Waals surface area contributed by atoms with Crippen LogP contribution in [0, 0.1) is 12.3 Å². The molecule has 0 spiro atoms. The van der Waals surface area contributed by atoms with E-state index in [0.29, 0.717) is 0 Å². The maximum Gasteiger partial charge on any atom is 0.0871 e. The smallest absolute Gasteiger partial charge is 0.0871 e. The number of hydrogen-bond acceptors (Lipinski definition) is 2. The van der Waals surface area contributed by atoms with Gasteiger partial charge in [-0.15, -0.1) is 0 Å². The predicted octanol–water partition coefficient (Wildman–Crippen LogP) is 1.81. The third-order valence-corrected chi connectivity index (χ3v) is 2.17. The Morgan fingerprint density at radius 2 is 2.00 bits per heavy atom. The lowest BCUT2D eigenvalue weighted by molar-refractivity contribution is 0.0621. The van der Waals surface area contributed by atoms with Crippen LogP contribution in [0.2, 0.25) is 0 Å². The topological polar surface area (TPSA) is 38.0 Å². The van der Waals surface area contributed by atoms with E-state index in [-0.39, 0.29) is 5.41 Å². The highest BCUT2D eigenvalue weighted by molar-refractivity contribution is 5.19. The third-order valence-electron chi connectivity index (χ3n) is 2.17. The van der Waals surface area contributed by atoms with Gasteiger partial charge in [0.2, 0.25) is 0 Å². The van der Waals surface area contributed by atoms with Crippen molar-refractivity contribution >= 4 is 0 Å². The quantitative estimate of drug-likeness (QED) is 0.719. The van der Waals surface area contributed by atoms with Crippen LogP contribution in [0.5, 0.6) is 0 Å². The molecule has 3 nitrogen and oxygen atoms in total. The van der Waals surface area contributed by atoms with Crippen LogP contribution in [0.3, 0.4) is 0 Å². The summed E-state index contributed by atoms with van der Waals surface area (Å²) in [5.74, 6) is 0. The van der Waals surface area contributed by atoms with Crippen molar-refractivity contribution < 1.29 is 5.11 Å². The molecule has 1 rings (SSSR count). The Bertz CT molecular complexity index is 296. The summed E-state index contributed by atoms with van der Waals surface area (Å²) in [5.41, 5.74) is 1.70. The Labute approximate surface area is 79.4 Å². The van der Waals surface area contributed by atoms with Gasteiger partial charge >= 0.3 is 0 Å². The highest BCUT2D eigenvalue weighted by Crippen LogP contribution is 2.33. The van der Waals surface area contributed by atoms with Gasteiger partial charge in [0.15, 0.2) is 0 Å². The summed E-state index contributed by atoms with van der Waals surface area (Å²) in [6, 6.07) is 0. The summed E-state index contributed by atoms with van der Waals surface area (Å²) in [4.78, 5) is 0. The number of nitrogens with zero attached hydrogens (tertiary/aromatic N) is 2. The molecule has 1 heterocycles. The summed E-state index contributed by atoms with van der Waals surface area (Å²) >= 11 is 0. The lowest BCUT2D eigenvalue weighted by Gasteiger charge is -2.25. The van der Waals surface area contributed by atoms with Crippen LogP contribution in [0.4, 0.5) is 0 Å². The number of aryl methyl sites for hydroxylation is 2. The van der Waals surface area contributed by atoms with Crippen molar-refractivity contribution in [3.63, 3.8) is 0 Å². The minimum absolute atomic E-state index is 0.131. The summed E-state index contributed by atoms with van der Waals surface area (Å²) in [5, 5.41) is 14.2. The van der Waals surface area contributed by atoms with Crippen LogP contribution in [0.1, 0.15) is 38.1 Å². The fourth-order valence-corrected chi connectivity index (χ4v) is 1.35. The average molecular weight is 182 g/mol. The molecule has 0 amide bonds. The first kappa shape index (κ1) is 10.3. The molecule has 0 aliphatic heterocycles. The molecule has 0 bridgehead atoms. The molecule has 0 radical (unpaired) electrons. The molecule has 13 heavy (non-hydrogen) atoms. The zero-order chi connectivity index (χ0) is 10.2. The van der Waals surface area contributed by atoms with Gasteiger partial charge in [-0.1, -0.05) is 20.8 Å². The first-order valence-electron chi connectivity index (χ1n) is 4.50. The maximum absolute atomic E-state index is 10.00. The Hall–Kier alpha value is -0.830. The zero-order valence-corrected chi connectivity index (χ0v) is 9.00. The number of aromatic nitrogens is 2. The van der Waals surface area contributed by atoms with Gasteiger partial charge in [0.1, 0.15) is 0 Å². The SMILES string of the molecule is Cc1nn(C)cc1C(O)C(C)(C)C. The van der Waals surface area contributed by atoms with Crippen LogP contribution in [0.15, 0.2) is 6.20 Å². The number of aliphatic hydroxyl groups excluding tert-OH is 1. The van der Waals surface area contributed by atoms with Gasteiger partial charge in [-0.25, -0.2) is 0 Å². The molecular weight excluding hydrogens is 164 g/mol. The van der Waals surface area contributed by atoms with Crippen molar-refractivity contribution in [2.75, 3.05) is 0 Å². The van der Waals surface area contributed by atoms with E-state index in [1.807, 2.05) is 40.9 Å². The molecular formula is C10H18N2O. The summed E-state index contributed by atoms with van der Waals surface area (Å²) < 4.78 is 1.74. The van der Waals surface area contributed by atoms with Crippen molar-refractivity contribution in [2.24, 2.45) is 12.5 Å². The molecule has 1 unspecified atom stereocenters. The molecule has 0 aliphatic rings. The van der Waals surface area contributed by atoms with Gasteiger partial charge in [0, 0.05) is 18.8 Å². The average Bonchev–Trinajstić information content (AvgIpc) is 2.26. The summed E-state index contributed by atoms with van der Waals surface area (Å²) in [6.45, 7) is 7.97. The van der Waals surface area contributed by atoms with Crippen molar-refractivity contribution in [3.8, 4) is 0 Å². The van der Waals surface area contributed by atoms with Crippen LogP contribution in [-0.2, 0) is 7.05 Å². The molecule has 1 aromatic heterocycles. The second-order valence-corrected chi connectivity index (χ2v) is 4.61. The second-order valence-electron chi connectivity index (χ2n) is 4.61. The molecule has 1 aromatic rings. The van der Waals surface area contributed by atoms with E-state index in [0.717, 1.165) is 11.3 Å². The molecule has 0 aliphatic carbocycles. The Morgan fingerprint density at radius 1 is 1.46 bits per heavy atom. The molecule has 0 saturated heterocycles. The van der Waals surface area contributed by atoms with Gasteiger partial charge in [-0.2, -0.15) is 5.10 Å². The van der Waals surface area contributed by atoms with E-state index in [2.05, 4.69) is 5.10 Å². The zero-order valence-electron chi connectivity index (χ0n) is 9.00. The van der Waals surface area contributed by atoms with E-state index >= 15 is 0 Å². The van der Waals surface area contributed by atoms with Gasteiger partial charge in [-0.05, 0) is 12.3 Å². The highest BCUT2D eigenvalue weighted by Gasteiger charge is 2.26. The Balaban J connectivity index is 3.01. The fraction of sp³-hybridized carbons (Fsp3) is 0.700. The first-order valence-corrected chi connectivity index (χ1v) is 4.50. The molecule has 1 N–H and O–H groups in total. The monoisotopic (exact) mass is 182 g/mol. The van der Waals surface area contributed by atoms with Crippen molar-refractivity contribution in [1.29, 1.82) is 0 Å². The first-order chi connectivity index (χ1) is 5.82. The normalized spacial score (nSPS) is 14.6. The second kappa shape index (κ2) is 3.14. The largest absolute Gasteiger partial charge is 0.388 e. The van der Waals surface area contributed by atoms with E-state index in [1.165, 1.54) is 0 Å². The molecule has 0 fully saturated rings. The summed E-state index contributed by atoms with van der Waals surface area (Å²) in [7, 11) is 1.87. The number of aliphatic hydroxyl groups is 1. The van der Waals surface area contributed by atoms with Crippen LogP contribution in [0.25, 0.3) is 0 Å². The van der Waals surface area contributed by atoms with Crippen LogP contribution in [-0.4, -0.2) is 14.9 Å². The third kappa shape index (κ3) is 2.10. The molecule has 3 heteroatoms. The van der Waals surface area contributed by atoms with Gasteiger partial charge in [-0.3, -0.25) is 4.68 Å². The van der Waals surface area contributed by atoms with Gasteiger partial charge in [0.25, 0.3) is 0 Å². The highest BCUT2D eigenvalue weighted by atomic mass is 16.3. The van der Waals surface area contributed by atoms with Gasteiger partial charge < -0.3 is 5.11 Å². The molecule has 0 saturated carbocycles. The minimum Gasteiger partial charge on any atom is -0.388 e. The standard InChI is InChI=1S/C10H18N2O/c1-7-8(6-12(5)11-7)9(13)10(2,3)4/h6,9,13H,1-5H3. The van der Waals surface area contributed by atoms with E-state index in [9.17, 15) is 5.11 Å². The molecule has 0 aromatic carbocycles. The summed E-state index contributed by atoms with van der Waals surface area (Å²) in [6.07, 6.45) is 1.44. The van der Waals surface area contributed by atoms with Gasteiger partial charge in [0.05, 0.1) is 11.8 Å². The van der Waals surface area contributed by atoms with E-state index < -0.39 is 6.10 Å². The lowest BCUT2D eigenvalue weighted by atomic mass is 9.85. The van der Waals surface area contributed by atoms with E-state index in [4.69, 9.17) is 0 Å². The van der Waals surface area contributed by atoms with Crippen molar-refractivity contribution in [3.05, 3.63) is 17.5 Å². The molecule has 1 atom stereocenters. The number of rotatable bonds is 1. The Kier molecular flexibility index (Phi) is 2.48. The van der Waals surface area contributed by atoms with Crippen molar-refractivity contribution in [2.45, 2.75) is 33.8 Å². The molecule has 74 valence electrons. The Morgan fingerprint density at radius 3 is 2.31 bits per heavy atom. The van der Waals surface area contributed by atoms with Crippen LogP contribution < -0.4 is 0 Å². The fourth-order valence-electron chi connectivity index (χ4n) is 1.35. The van der Waals surface area contributed by atoms with E-state index in [1.54, 1.807) is 4.68 Å². The predicted molar refractivity (Wildman–Crippen MR) is 52.4 cm³/mol. The van der Waals surface area contributed by atoms with Crippen molar-refractivity contribution in [1.82, 2.24) is 9.78 Å². The maximum atomic E-state index is 10.00. The number of hydrogen-bond donors (Lipinski definition) is 1. The lowest BCUT2D eigenvalue weighted by Crippen LogP contribution is -2.18. The minimum atomic E-state index is -0.443. The van der Waals surface area contributed by atoms with Crippen LogP contribution >= 0.6 is 0 Å².